The molecule has 0 aromatic carbocycles. The Morgan fingerprint density at radius 1 is 0.479 bits per heavy atom. The van der Waals surface area contributed by atoms with Crippen LogP contribution >= 0.6 is 7.82 Å². The van der Waals surface area contributed by atoms with Crippen molar-refractivity contribution in [1.82, 2.24) is 5.32 Å². The third-order valence-electron chi connectivity index (χ3n) is 14.1. The molecule has 0 aromatic rings. The van der Waals surface area contributed by atoms with Crippen molar-refractivity contribution in [3.8, 4) is 0 Å². The van der Waals surface area contributed by atoms with Crippen LogP contribution in [-0.4, -0.2) is 68.5 Å². The summed E-state index contributed by atoms with van der Waals surface area (Å²) in [7, 11) is 1.25. The van der Waals surface area contributed by atoms with E-state index in [1.807, 2.05) is 27.2 Å². The minimum absolute atomic E-state index is 0.00481. The first kappa shape index (κ1) is 69.7. The standard InChI is InChI=1S/C62H121N2O6P/c1-6-8-10-12-14-16-18-20-21-22-23-24-25-26-27-28-29-30-31-32-33-34-35-36-37-38-39-40-41-42-43-44-46-48-50-52-54-56-62(66)63-60(59-70-71(67,68)69-58-57-64(3,4)5)61(65)55-53-51-49-47-45-19-17-15-13-11-9-7-2/h22-23,45,47,53,55,60-61,65H,6-21,24-44,46,48-52,54,56-59H2,1-5H3,(H-,63,66,67,68)/b23-22-,47-45+,55-53+. The van der Waals surface area contributed by atoms with Crippen molar-refractivity contribution >= 4 is 13.7 Å². The summed E-state index contributed by atoms with van der Waals surface area (Å²) in [6, 6.07) is -0.900. The molecule has 0 aromatic heterocycles. The van der Waals surface area contributed by atoms with Crippen LogP contribution in [-0.2, 0) is 18.4 Å². The van der Waals surface area contributed by atoms with Gasteiger partial charge in [-0.1, -0.05) is 275 Å². The van der Waals surface area contributed by atoms with E-state index in [1.165, 1.54) is 244 Å². The number of carbonyl (C=O) groups is 1. The predicted octanol–water partition coefficient (Wildman–Crippen LogP) is 18.3. The van der Waals surface area contributed by atoms with Gasteiger partial charge >= 0.3 is 0 Å². The molecule has 71 heavy (non-hydrogen) atoms. The first-order valence-electron chi connectivity index (χ1n) is 30.9. The summed E-state index contributed by atoms with van der Waals surface area (Å²) >= 11 is 0. The number of hydrogen-bond acceptors (Lipinski definition) is 6. The Labute approximate surface area is 442 Å². The fourth-order valence-corrected chi connectivity index (χ4v) is 9.95. The van der Waals surface area contributed by atoms with E-state index < -0.39 is 20.0 Å². The molecule has 1 amide bonds. The summed E-state index contributed by atoms with van der Waals surface area (Å²) < 4.78 is 23.3. The number of nitrogens with zero attached hydrogens (tertiary/aromatic N) is 1. The minimum atomic E-state index is -4.60. The molecule has 0 aliphatic heterocycles. The molecular formula is C62H121N2O6P. The highest BCUT2D eigenvalue weighted by Gasteiger charge is 2.23. The van der Waals surface area contributed by atoms with Gasteiger partial charge in [-0.25, -0.2) is 0 Å². The molecular weight excluding hydrogens is 900 g/mol. The van der Waals surface area contributed by atoms with Gasteiger partial charge in [0.05, 0.1) is 39.9 Å². The lowest BCUT2D eigenvalue weighted by Crippen LogP contribution is -2.45. The van der Waals surface area contributed by atoms with Gasteiger partial charge in [0.1, 0.15) is 13.2 Å². The van der Waals surface area contributed by atoms with E-state index in [9.17, 15) is 19.4 Å². The molecule has 0 aliphatic rings. The van der Waals surface area contributed by atoms with Gasteiger partial charge in [0.25, 0.3) is 7.82 Å². The monoisotopic (exact) mass is 1020 g/mol. The average Bonchev–Trinajstić information content (AvgIpc) is 3.33. The quantitative estimate of drug-likeness (QED) is 0.0272. The summed E-state index contributed by atoms with van der Waals surface area (Å²) in [4.78, 5) is 25.4. The number of unbranched alkanes of at least 4 members (excludes halogenated alkanes) is 40. The molecule has 0 saturated carbocycles. The number of phosphoric ester groups is 1. The van der Waals surface area contributed by atoms with E-state index >= 15 is 0 Å². The number of quaternary nitrogens is 1. The van der Waals surface area contributed by atoms with Crippen LogP contribution in [0, 0.1) is 0 Å². The van der Waals surface area contributed by atoms with Gasteiger partial charge in [0, 0.05) is 6.42 Å². The van der Waals surface area contributed by atoms with Crippen molar-refractivity contribution in [3.05, 3.63) is 36.5 Å². The highest BCUT2D eigenvalue weighted by molar-refractivity contribution is 7.45. The second-order valence-corrected chi connectivity index (χ2v) is 23.8. The summed E-state index contributed by atoms with van der Waals surface area (Å²) in [5, 5.41) is 13.8. The maximum Gasteiger partial charge on any atom is 0.268 e. The largest absolute Gasteiger partial charge is 0.756 e. The molecule has 0 bridgehead atoms. The van der Waals surface area contributed by atoms with Crippen molar-refractivity contribution in [2.75, 3.05) is 40.9 Å². The zero-order valence-electron chi connectivity index (χ0n) is 47.9. The third kappa shape index (κ3) is 56.3. The summed E-state index contributed by atoms with van der Waals surface area (Å²) in [6.07, 6.45) is 69.9. The van der Waals surface area contributed by atoms with Crippen LogP contribution in [0.2, 0.25) is 0 Å². The molecule has 0 saturated heterocycles. The minimum Gasteiger partial charge on any atom is -0.756 e. The van der Waals surface area contributed by atoms with Crippen molar-refractivity contribution in [2.24, 2.45) is 0 Å². The molecule has 8 nitrogen and oxygen atoms in total. The van der Waals surface area contributed by atoms with Crippen LogP contribution in [0.5, 0.6) is 0 Å². The van der Waals surface area contributed by atoms with Crippen LogP contribution in [0.15, 0.2) is 36.5 Å². The molecule has 2 N–H and O–H groups in total. The molecule has 0 fully saturated rings. The number of aliphatic hydroxyl groups excluding tert-OH is 1. The molecule has 0 spiro atoms. The van der Waals surface area contributed by atoms with E-state index in [0.717, 1.165) is 38.5 Å². The molecule has 9 heteroatoms. The Kier molecular flexibility index (Phi) is 52.6. The van der Waals surface area contributed by atoms with E-state index in [1.54, 1.807) is 6.08 Å². The Balaban J connectivity index is 3.88. The molecule has 0 heterocycles. The van der Waals surface area contributed by atoms with Gasteiger partial charge in [-0.2, -0.15) is 0 Å². The zero-order valence-corrected chi connectivity index (χ0v) is 48.8. The van der Waals surface area contributed by atoms with Crippen molar-refractivity contribution < 1.29 is 32.9 Å². The van der Waals surface area contributed by atoms with Gasteiger partial charge in [0.15, 0.2) is 0 Å². The number of allylic oxidation sites excluding steroid dienone is 5. The molecule has 3 atom stereocenters. The highest BCUT2D eigenvalue weighted by Crippen LogP contribution is 2.38. The third-order valence-corrected chi connectivity index (χ3v) is 15.0. The number of nitrogens with one attached hydrogen (secondary N) is 1. The topological polar surface area (TPSA) is 108 Å². The number of hydrogen-bond donors (Lipinski definition) is 2. The highest BCUT2D eigenvalue weighted by atomic mass is 31.2. The van der Waals surface area contributed by atoms with Crippen molar-refractivity contribution in [2.45, 2.75) is 315 Å². The predicted molar refractivity (Wildman–Crippen MR) is 307 cm³/mol. The zero-order chi connectivity index (χ0) is 52.0. The van der Waals surface area contributed by atoms with Crippen molar-refractivity contribution in [3.63, 3.8) is 0 Å². The number of aliphatic hydroxyl groups is 1. The van der Waals surface area contributed by atoms with Crippen LogP contribution < -0.4 is 10.2 Å². The summed E-state index contributed by atoms with van der Waals surface area (Å²) in [5.74, 6) is -0.203. The second-order valence-electron chi connectivity index (χ2n) is 22.4. The Morgan fingerprint density at radius 2 is 0.789 bits per heavy atom. The molecule has 0 radical (unpaired) electrons. The van der Waals surface area contributed by atoms with Gasteiger partial charge in [-0.3, -0.25) is 9.36 Å². The average molecular weight is 1020 g/mol. The van der Waals surface area contributed by atoms with Crippen LogP contribution in [0.25, 0.3) is 0 Å². The molecule has 3 unspecified atom stereocenters. The lowest BCUT2D eigenvalue weighted by Gasteiger charge is -2.29. The first-order chi connectivity index (χ1) is 34.5. The van der Waals surface area contributed by atoms with E-state index in [0.29, 0.717) is 17.4 Å². The number of rotatable bonds is 57. The maximum absolute atomic E-state index is 12.9. The molecule has 0 aliphatic carbocycles. The smallest absolute Gasteiger partial charge is 0.268 e. The lowest BCUT2D eigenvalue weighted by molar-refractivity contribution is -0.870. The van der Waals surface area contributed by atoms with E-state index in [4.69, 9.17) is 9.05 Å². The fraction of sp³-hybridized carbons (Fsp3) is 0.887. The van der Waals surface area contributed by atoms with Crippen LogP contribution in [0.4, 0.5) is 0 Å². The van der Waals surface area contributed by atoms with Gasteiger partial charge in [0.2, 0.25) is 5.91 Å². The van der Waals surface area contributed by atoms with Crippen LogP contribution in [0.3, 0.4) is 0 Å². The second kappa shape index (κ2) is 53.5. The van der Waals surface area contributed by atoms with Crippen molar-refractivity contribution in [1.29, 1.82) is 0 Å². The molecule has 0 rings (SSSR count). The fourth-order valence-electron chi connectivity index (χ4n) is 9.23. The number of likely N-dealkylation sites (N-methyl/N-ethyl adjacent to an activating group) is 1. The van der Waals surface area contributed by atoms with Gasteiger partial charge in [-0.15, -0.1) is 0 Å². The van der Waals surface area contributed by atoms with E-state index in [-0.39, 0.29) is 19.1 Å². The van der Waals surface area contributed by atoms with Gasteiger partial charge in [-0.05, 0) is 57.8 Å². The SMILES string of the molecule is CCCCCCCC/C=C/CC/C=C/C(O)C(COP(=O)([O-])OCC[N+](C)(C)C)NC(=O)CCCCCCCCCCCCCCCCCCCCCCCCCCC/C=C\CCCCCCCCCC. The van der Waals surface area contributed by atoms with Gasteiger partial charge < -0.3 is 28.8 Å². The Bertz CT molecular complexity index is 1250. The number of amides is 1. The lowest BCUT2D eigenvalue weighted by atomic mass is 10.0. The van der Waals surface area contributed by atoms with Crippen LogP contribution in [0.1, 0.15) is 303 Å². The number of phosphoric acid groups is 1. The summed E-state index contributed by atoms with van der Waals surface area (Å²) in [5.41, 5.74) is 0. The number of carbonyl (C=O) groups excluding carboxylic acids is 1. The Hall–Kier alpha value is -1.28. The normalized spacial score (nSPS) is 14.1. The first-order valence-corrected chi connectivity index (χ1v) is 32.3. The summed E-state index contributed by atoms with van der Waals surface area (Å²) in [6.45, 7) is 4.63. The molecule has 420 valence electrons. The Morgan fingerprint density at radius 3 is 1.14 bits per heavy atom. The van der Waals surface area contributed by atoms with E-state index in [2.05, 4.69) is 43.5 Å². The maximum atomic E-state index is 12.9.